The Morgan fingerprint density at radius 2 is 2.10 bits per heavy atom. The van der Waals surface area contributed by atoms with E-state index >= 15 is 0 Å². The minimum absolute atomic E-state index is 0.0347. The van der Waals surface area contributed by atoms with Gasteiger partial charge in [-0.15, -0.1) is 0 Å². The largest absolute Gasteiger partial charge is 0.431 e. The van der Waals surface area contributed by atoms with Gasteiger partial charge in [-0.25, -0.2) is 0 Å². The van der Waals surface area contributed by atoms with Gasteiger partial charge in [0.1, 0.15) is 6.42 Å². The predicted molar refractivity (Wildman–Crippen MR) is 74.8 cm³/mol. The van der Waals surface area contributed by atoms with Gasteiger partial charge in [0.25, 0.3) is 12.4 Å². The highest BCUT2D eigenvalue weighted by atomic mass is 16.8. The summed E-state index contributed by atoms with van der Waals surface area (Å²) in [6.45, 7) is 9.86. The fraction of sp³-hybridized carbons (Fsp3) is 0.875. The molecule has 4 fully saturated rings. The Bertz CT molecular complexity index is 429. The number of hydrogen-bond donors (Lipinski definition) is 0. The average molecular weight is 297 g/mol. The zero-order valence-electron chi connectivity index (χ0n) is 13.5. The summed E-state index contributed by atoms with van der Waals surface area (Å²) >= 11 is 0. The summed E-state index contributed by atoms with van der Waals surface area (Å²) in [6, 6.07) is 0. The normalized spacial score (nSPS) is 42.0. The van der Waals surface area contributed by atoms with E-state index in [2.05, 4.69) is 27.7 Å². The van der Waals surface area contributed by atoms with Crippen molar-refractivity contribution in [3.63, 3.8) is 0 Å². The Morgan fingerprint density at radius 1 is 1.38 bits per heavy atom. The number of ether oxygens (including phenoxy) is 4. The van der Waals surface area contributed by atoms with Gasteiger partial charge in [-0.05, 0) is 20.8 Å². The number of fused-ring (bicyclic) bond motifs is 1. The number of esters is 1. The lowest BCUT2D eigenvalue weighted by Gasteiger charge is -2.54. The Morgan fingerprint density at radius 3 is 2.71 bits per heavy atom. The van der Waals surface area contributed by atoms with Crippen LogP contribution < -0.4 is 0 Å². The van der Waals surface area contributed by atoms with E-state index < -0.39 is 6.29 Å². The molecule has 3 aliphatic heterocycles. The molecule has 5 atom stereocenters. The fourth-order valence-corrected chi connectivity index (χ4v) is 3.93. The lowest BCUT2D eigenvalue weighted by molar-refractivity contribution is -0.377. The van der Waals surface area contributed by atoms with Crippen LogP contribution in [0.3, 0.4) is 0 Å². The molecule has 0 N–H and O–H groups in total. The second-order valence-corrected chi connectivity index (χ2v) is 7.57. The van der Waals surface area contributed by atoms with Crippen LogP contribution in [0.25, 0.3) is 0 Å². The van der Waals surface area contributed by atoms with Gasteiger partial charge in [-0.3, -0.25) is 4.79 Å². The van der Waals surface area contributed by atoms with Crippen molar-refractivity contribution < 1.29 is 23.7 Å². The molecular formula is C16H25O5+. The molecule has 0 amide bonds. The molecule has 0 aromatic rings. The van der Waals surface area contributed by atoms with Crippen molar-refractivity contribution in [1.82, 2.24) is 0 Å². The summed E-state index contributed by atoms with van der Waals surface area (Å²) in [7, 11) is 0. The van der Waals surface area contributed by atoms with Crippen LogP contribution in [0.1, 0.15) is 53.9 Å². The maximum atomic E-state index is 11.3. The summed E-state index contributed by atoms with van der Waals surface area (Å²) in [6.07, 6.45) is 2.84. The molecule has 1 saturated carbocycles. The number of hydrogen-bond acceptors (Lipinski definition) is 5. The summed E-state index contributed by atoms with van der Waals surface area (Å²) < 4.78 is 23.3. The van der Waals surface area contributed by atoms with E-state index in [9.17, 15) is 4.79 Å². The van der Waals surface area contributed by atoms with E-state index in [0.717, 1.165) is 25.4 Å². The van der Waals surface area contributed by atoms with Crippen LogP contribution in [0.5, 0.6) is 0 Å². The van der Waals surface area contributed by atoms with E-state index in [1.807, 2.05) is 0 Å². The molecule has 1 aliphatic carbocycles. The van der Waals surface area contributed by atoms with Crippen LogP contribution in [-0.2, 0) is 23.7 Å². The van der Waals surface area contributed by atoms with Gasteiger partial charge < -0.3 is 14.2 Å². The van der Waals surface area contributed by atoms with Gasteiger partial charge in [-0.1, -0.05) is 6.92 Å². The lowest BCUT2D eigenvalue weighted by Crippen LogP contribution is -2.64. The second kappa shape index (κ2) is 4.86. The van der Waals surface area contributed by atoms with Gasteiger partial charge in [0.2, 0.25) is 12.2 Å². The third kappa shape index (κ3) is 2.67. The number of carbonyl (C=O) groups excluding carboxylic acids is 1. The van der Waals surface area contributed by atoms with Crippen LogP contribution >= 0.6 is 0 Å². The third-order valence-corrected chi connectivity index (χ3v) is 4.67. The quantitative estimate of drug-likeness (QED) is 0.579. The summed E-state index contributed by atoms with van der Waals surface area (Å²) in [5, 5.41) is 0. The zero-order chi connectivity index (χ0) is 15.4. The third-order valence-electron chi connectivity index (χ3n) is 4.67. The van der Waals surface area contributed by atoms with E-state index in [0.29, 0.717) is 0 Å². The van der Waals surface area contributed by atoms with Crippen molar-refractivity contribution in [1.29, 1.82) is 0 Å². The molecule has 4 rings (SSSR count). The molecule has 0 aromatic carbocycles. The maximum absolute atomic E-state index is 11.3. The molecule has 21 heavy (non-hydrogen) atoms. The van der Waals surface area contributed by atoms with Crippen molar-refractivity contribution in [2.45, 2.75) is 78.2 Å². The number of carbonyl (C=O) groups is 1. The van der Waals surface area contributed by atoms with Crippen molar-refractivity contribution >= 4 is 5.97 Å². The molecule has 5 nitrogen and oxygen atoms in total. The topological polar surface area (TPSA) is 54.0 Å². The minimum Gasteiger partial charge on any atom is -0.431 e. The fourth-order valence-electron chi connectivity index (χ4n) is 3.93. The highest BCUT2D eigenvalue weighted by molar-refractivity contribution is 5.66. The molecule has 0 spiro atoms. The van der Waals surface area contributed by atoms with Crippen molar-refractivity contribution in [3.8, 4) is 0 Å². The highest BCUT2D eigenvalue weighted by Crippen LogP contribution is 2.60. The molecule has 3 saturated heterocycles. The van der Waals surface area contributed by atoms with E-state index in [1.54, 1.807) is 0 Å². The van der Waals surface area contributed by atoms with Crippen LogP contribution in [0.15, 0.2) is 0 Å². The Kier molecular flexibility index (Phi) is 3.50. The van der Waals surface area contributed by atoms with Crippen molar-refractivity contribution in [2.24, 2.45) is 11.3 Å². The molecule has 4 aliphatic rings. The minimum atomic E-state index is -0.540. The van der Waals surface area contributed by atoms with Gasteiger partial charge in [0.15, 0.2) is 0 Å². The first-order valence-electron chi connectivity index (χ1n) is 7.72. The second-order valence-electron chi connectivity index (χ2n) is 7.57. The molecular weight excluding hydrogens is 272 g/mol. The summed E-state index contributed by atoms with van der Waals surface area (Å²) in [5.74, 6) is -0.351. The van der Waals surface area contributed by atoms with E-state index in [-0.39, 0.29) is 35.3 Å². The molecule has 118 valence electrons. The van der Waals surface area contributed by atoms with E-state index in [1.165, 1.54) is 6.92 Å². The monoisotopic (exact) mass is 297 g/mol. The summed E-state index contributed by atoms with van der Waals surface area (Å²) in [5.41, 5.74) is -0.303. The number of rotatable bonds is 2. The van der Waals surface area contributed by atoms with Crippen molar-refractivity contribution in [2.75, 3.05) is 0 Å². The Balaban J connectivity index is 1.86. The van der Waals surface area contributed by atoms with Crippen LogP contribution in [0.2, 0.25) is 0 Å². The molecule has 0 radical (unpaired) electrons. The first-order valence-corrected chi connectivity index (χ1v) is 7.72. The lowest BCUT2D eigenvalue weighted by atomic mass is 9.59. The summed E-state index contributed by atoms with van der Waals surface area (Å²) in [4.78, 5) is 11.3. The molecule has 3 heterocycles. The smallest absolute Gasteiger partial charge is 0.305 e. The zero-order valence-corrected chi connectivity index (χ0v) is 13.5. The molecule has 5 heteroatoms. The van der Waals surface area contributed by atoms with Gasteiger partial charge >= 0.3 is 5.97 Å². The van der Waals surface area contributed by atoms with Gasteiger partial charge in [0, 0.05) is 19.8 Å². The van der Waals surface area contributed by atoms with E-state index in [4.69, 9.17) is 18.9 Å². The SMILES string of the molecule is CC(=O)O[C@@H]1O[C@H]2C[C@]3(C)[C@@H](OC(C)(C)C)CC[C+](O2)[C@@H]13. The first-order chi connectivity index (χ1) is 9.69. The Hall–Kier alpha value is -0.780. The molecule has 0 unspecified atom stereocenters. The van der Waals surface area contributed by atoms with Crippen molar-refractivity contribution in [3.05, 3.63) is 6.10 Å². The molecule has 4 bridgehead atoms. The highest BCUT2D eigenvalue weighted by Gasteiger charge is 2.70. The van der Waals surface area contributed by atoms with Crippen LogP contribution in [0, 0.1) is 17.4 Å². The standard InChI is InChI=1S/C16H25O5/c1-9(17)18-14-13-10-6-7-11(21-15(2,3)4)16(13,5)8-12(19-10)20-14/h11-14H,6-8H2,1-5H3/q+1/t11-,12-,13-,14+,16+/m0/s1. The Labute approximate surface area is 126 Å². The van der Waals surface area contributed by atoms with Gasteiger partial charge in [0.05, 0.1) is 17.1 Å². The average Bonchev–Trinajstić information content (AvgIpc) is 2.30. The van der Waals surface area contributed by atoms with Gasteiger partial charge in [-0.2, -0.15) is 4.74 Å². The molecule has 0 aromatic heterocycles. The van der Waals surface area contributed by atoms with Crippen LogP contribution in [-0.4, -0.2) is 30.3 Å². The first kappa shape index (κ1) is 15.1. The predicted octanol–water partition coefficient (Wildman–Crippen LogP) is 2.78. The maximum Gasteiger partial charge on any atom is 0.305 e. The van der Waals surface area contributed by atoms with Crippen LogP contribution in [0.4, 0.5) is 0 Å².